The number of halogens is 2. The molecular weight excluding hydrogens is 416 g/mol. The topological polar surface area (TPSA) is 71.5 Å². The molecular formula is C24H27F2N3O3. The minimum atomic E-state index is -3.06. The number of rotatable bonds is 7. The van der Waals surface area contributed by atoms with E-state index in [0.29, 0.717) is 5.69 Å². The number of carbonyl (C=O) groups is 2. The van der Waals surface area contributed by atoms with Crippen LogP contribution in [0, 0.1) is 12.8 Å². The molecule has 1 N–H and O–H groups in total. The zero-order valence-corrected chi connectivity index (χ0v) is 18.4. The number of carbonyl (C=O) groups excluding carboxylic acids is 2. The minimum Gasteiger partial charge on any atom is -0.415 e. The van der Waals surface area contributed by atoms with Gasteiger partial charge in [-0.05, 0) is 48.9 Å². The van der Waals surface area contributed by atoms with Crippen molar-refractivity contribution in [3.63, 3.8) is 0 Å². The third-order valence-corrected chi connectivity index (χ3v) is 6.14. The van der Waals surface area contributed by atoms with Gasteiger partial charge in [0.25, 0.3) is 0 Å². The SMILES string of the molecule is Cc1ccc(NC(=O)C2(c3ccccc3C(C)C)CN(C(=O)C3CC3)C2)c(OC(F)F)n1. The molecule has 2 fully saturated rings. The molecule has 1 saturated heterocycles. The Morgan fingerprint density at radius 1 is 1.16 bits per heavy atom. The van der Waals surface area contributed by atoms with Gasteiger partial charge in [0.2, 0.25) is 17.7 Å². The second kappa shape index (κ2) is 8.48. The summed E-state index contributed by atoms with van der Waals surface area (Å²) in [5, 5.41) is 2.76. The molecule has 1 aromatic carbocycles. The normalized spacial score (nSPS) is 17.3. The van der Waals surface area contributed by atoms with Crippen LogP contribution in [0.15, 0.2) is 36.4 Å². The molecule has 2 aliphatic rings. The number of ether oxygens (including phenoxy) is 1. The number of nitrogens with zero attached hydrogens (tertiary/aromatic N) is 2. The predicted molar refractivity (Wildman–Crippen MR) is 116 cm³/mol. The lowest BCUT2D eigenvalue weighted by Gasteiger charge is -2.50. The van der Waals surface area contributed by atoms with E-state index in [1.165, 1.54) is 6.07 Å². The van der Waals surface area contributed by atoms with Crippen molar-refractivity contribution >= 4 is 17.5 Å². The van der Waals surface area contributed by atoms with E-state index < -0.39 is 12.0 Å². The largest absolute Gasteiger partial charge is 0.415 e. The molecule has 0 bridgehead atoms. The Bertz CT molecular complexity index is 1030. The highest BCUT2D eigenvalue weighted by Gasteiger charge is 2.55. The summed E-state index contributed by atoms with van der Waals surface area (Å²) in [7, 11) is 0. The van der Waals surface area contributed by atoms with E-state index in [-0.39, 0.29) is 48.3 Å². The fourth-order valence-electron chi connectivity index (χ4n) is 4.27. The van der Waals surface area contributed by atoms with Gasteiger partial charge in [0.1, 0.15) is 11.1 Å². The lowest BCUT2D eigenvalue weighted by molar-refractivity contribution is -0.145. The van der Waals surface area contributed by atoms with Crippen molar-refractivity contribution < 1.29 is 23.1 Å². The van der Waals surface area contributed by atoms with E-state index >= 15 is 0 Å². The molecule has 2 heterocycles. The Labute approximate surface area is 186 Å². The molecule has 32 heavy (non-hydrogen) atoms. The highest BCUT2D eigenvalue weighted by molar-refractivity contribution is 6.03. The average molecular weight is 443 g/mol. The maximum absolute atomic E-state index is 13.6. The number of likely N-dealkylation sites (tertiary alicyclic amines) is 1. The van der Waals surface area contributed by atoms with E-state index in [0.717, 1.165) is 24.0 Å². The quantitative estimate of drug-likeness (QED) is 0.695. The molecule has 1 aromatic heterocycles. The fraction of sp³-hybridized carbons (Fsp3) is 0.458. The Hall–Kier alpha value is -3.03. The van der Waals surface area contributed by atoms with Crippen LogP contribution in [-0.2, 0) is 15.0 Å². The lowest BCUT2D eigenvalue weighted by Crippen LogP contribution is -2.67. The summed E-state index contributed by atoms with van der Waals surface area (Å²) in [5.74, 6) is -0.387. The maximum atomic E-state index is 13.6. The van der Waals surface area contributed by atoms with Gasteiger partial charge in [-0.25, -0.2) is 4.98 Å². The van der Waals surface area contributed by atoms with Crippen LogP contribution in [-0.4, -0.2) is 41.4 Å². The van der Waals surface area contributed by atoms with Crippen LogP contribution < -0.4 is 10.1 Å². The number of anilines is 1. The molecule has 2 amide bonds. The number of alkyl halides is 2. The molecule has 0 radical (unpaired) electrons. The van der Waals surface area contributed by atoms with Gasteiger partial charge in [0.15, 0.2) is 0 Å². The van der Waals surface area contributed by atoms with E-state index in [4.69, 9.17) is 0 Å². The Kier molecular flexibility index (Phi) is 5.88. The predicted octanol–water partition coefficient (Wildman–Crippen LogP) is 4.24. The summed E-state index contributed by atoms with van der Waals surface area (Å²) >= 11 is 0. The highest BCUT2D eigenvalue weighted by Crippen LogP contribution is 2.43. The highest BCUT2D eigenvalue weighted by atomic mass is 19.3. The van der Waals surface area contributed by atoms with Gasteiger partial charge >= 0.3 is 6.61 Å². The number of amides is 2. The van der Waals surface area contributed by atoms with Crippen LogP contribution in [0.25, 0.3) is 0 Å². The third-order valence-electron chi connectivity index (χ3n) is 6.14. The van der Waals surface area contributed by atoms with Crippen LogP contribution >= 0.6 is 0 Å². The molecule has 0 atom stereocenters. The van der Waals surface area contributed by atoms with Crippen LogP contribution in [0.4, 0.5) is 14.5 Å². The van der Waals surface area contributed by atoms with Crippen molar-refractivity contribution in [2.45, 2.75) is 51.6 Å². The Balaban J connectivity index is 1.68. The number of pyridine rings is 1. The first-order chi connectivity index (χ1) is 15.2. The first-order valence-corrected chi connectivity index (χ1v) is 10.8. The standard InChI is InChI=1S/C24H27F2N3O3/c1-14(2)17-6-4-5-7-18(17)24(12-29(13-24)21(30)16-9-10-16)22(31)28-19-11-8-15(3)27-20(19)32-23(25)26/h4-8,11,14,16,23H,9-10,12-13H2,1-3H3,(H,28,31). The fourth-order valence-corrected chi connectivity index (χ4v) is 4.27. The van der Waals surface area contributed by atoms with Crippen molar-refractivity contribution in [2.24, 2.45) is 5.92 Å². The number of nitrogens with one attached hydrogen (secondary N) is 1. The zero-order chi connectivity index (χ0) is 23.0. The van der Waals surface area contributed by atoms with Crippen LogP contribution in [0.1, 0.15) is 49.4 Å². The molecule has 1 saturated carbocycles. The molecule has 2 aromatic rings. The molecule has 170 valence electrons. The number of benzene rings is 1. The lowest BCUT2D eigenvalue weighted by atomic mass is 9.69. The summed E-state index contributed by atoms with van der Waals surface area (Å²) in [6.45, 7) is 3.19. The van der Waals surface area contributed by atoms with Crippen molar-refractivity contribution in [2.75, 3.05) is 18.4 Å². The molecule has 6 nitrogen and oxygen atoms in total. The van der Waals surface area contributed by atoms with E-state index in [9.17, 15) is 18.4 Å². The summed E-state index contributed by atoms with van der Waals surface area (Å²) < 4.78 is 30.3. The van der Waals surface area contributed by atoms with E-state index in [2.05, 4.69) is 28.9 Å². The zero-order valence-electron chi connectivity index (χ0n) is 18.4. The number of hydrogen-bond acceptors (Lipinski definition) is 4. The second-order valence-electron chi connectivity index (χ2n) is 8.93. The molecule has 0 unspecified atom stereocenters. The second-order valence-corrected chi connectivity index (χ2v) is 8.93. The van der Waals surface area contributed by atoms with Gasteiger partial charge < -0.3 is 15.0 Å². The first kappa shape index (κ1) is 22.2. The van der Waals surface area contributed by atoms with Gasteiger partial charge in [-0.3, -0.25) is 9.59 Å². The first-order valence-electron chi connectivity index (χ1n) is 10.8. The van der Waals surface area contributed by atoms with E-state index in [1.807, 2.05) is 24.3 Å². The van der Waals surface area contributed by atoms with Crippen molar-refractivity contribution in [1.82, 2.24) is 9.88 Å². The van der Waals surface area contributed by atoms with Crippen LogP contribution in [0.2, 0.25) is 0 Å². The molecule has 0 spiro atoms. The minimum absolute atomic E-state index is 0.0590. The Morgan fingerprint density at radius 3 is 2.47 bits per heavy atom. The molecule has 1 aliphatic heterocycles. The van der Waals surface area contributed by atoms with Gasteiger partial charge in [-0.1, -0.05) is 38.1 Å². The summed E-state index contributed by atoms with van der Waals surface area (Å²) in [6.07, 6.45) is 1.78. The van der Waals surface area contributed by atoms with Gasteiger partial charge in [0.05, 0.1) is 0 Å². The average Bonchev–Trinajstić information content (AvgIpc) is 3.54. The van der Waals surface area contributed by atoms with E-state index in [1.54, 1.807) is 17.9 Å². The molecule has 4 rings (SSSR count). The monoisotopic (exact) mass is 443 g/mol. The summed E-state index contributed by atoms with van der Waals surface area (Å²) in [5.41, 5.74) is 1.46. The van der Waals surface area contributed by atoms with Crippen molar-refractivity contribution in [3.8, 4) is 5.88 Å². The third kappa shape index (κ3) is 4.18. The Morgan fingerprint density at radius 2 is 1.84 bits per heavy atom. The molecule has 1 aliphatic carbocycles. The van der Waals surface area contributed by atoms with Crippen molar-refractivity contribution in [3.05, 3.63) is 53.2 Å². The maximum Gasteiger partial charge on any atom is 0.388 e. The number of hydrogen-bond donors (Lipinski definition) is 1. The molecule has 8 heteroatoms. The van der Waals surface area contributed by atoms with Gasteiger partial charge in [-0.2, -0.15) is 8.78 Å². The van der Waals surface area contributed by atoms with Gasteiger partial charge in [0, 0.05) is 24.7 Å². The smallest absolute Gasteiger partial charge is 0.388 e. The van der Waals surface area contributed by atoms with Gasteiger partial charge in [-0.15, -0.1) is 0 Å². The number of aryl methyl sites for hydroxylation is 1. The summed E-state index contributed by atoms with van der Waals surface area (Å²) in [6, 6.07) is 10.8. The number of aromatic nitrogens is 1. The van der Waals surface area contributed by atoms with Crippen LogP contribution in [0.3, 0.4) is 0 Å². The summed E-state index contributed by atoms with van der Waals surface area (Å²) in [4.78, 5) is 32.0. The van der Waals surface area contributed by atoms with Crippen molar-refractivity contribution in [1.29, 1.82) is 0 Å². The van der Waals surface area contributed by atoms with Crippen LogP contribution in [0.5, 0.6) is 5.88 Å².